The van der Waals surface area contributed by atoms with Crippen LogP contribution in [-0.4, -0.2) is 18.1 Å². The summed E-state index contributed by atoms with van der Waals surface area (Å²) in [7, 11) is 0.987. The average molecular weight is 221 g/mol. The van der Waals surface area contributed by atoms with Gasteiger partial charge in [0.05, 0.1) is 7.11 Å². The van der Waals surface area contributed by atoms with Gasteiger partial charge in [-0.1, -0.05) is 0 Å². The molecule has 0 radical (unpaired) electrons. The van der Waals surface area contributed by atoms with Crippen LogP contribution < -0.4 is 5.56 Å². The van der Waals surface area contributed by atoms with Gasteiger partial charge < -0.3 is 9.72 Å². The molecule has 82 valence electrons. The van der Waals surface area contributed by atoms with Crippen molar-refractivity contribution in [3.05, 3.63) is 33.5 Å². The molecule has 0 spiro atoms. The number of esters is 1. The number of alkyl halides is 2. The third-order valence-corrected chi connectivity index (χ3v) is 1.64. The lowest BCUT2D eigenvalue weighted by atomic mass is 10.2. The summed E-state index contributed by atoms with van der Waals surface area (Å²) in [5, 5.41) is 0. The first-order chi connectivity index (χ1) is 6.97. The zero-order chi connectivity index (χ0) is 11.6. The van der Waals surface area contributed by atoms with Gasteiger partial charge in [-0.25, -0.2) is 18.0 Å². The van der Waals surface area contributed by atoms with Crippen molar-refractivity contribution in [1.82, 2.24) is 4.98 Å². The molecule has 0 fully saturated rings. The monoisotopic (exact) mass is 221 g/mol. The quantitative estimate of drug-likeness (QED) is 0.764. The Kier molecular flexibility index (Phi) is 3.13. The van der Waals surface area contributed by atoms with Crippen LogP contribution in [0.2, 0.25) is 0 Å². The van der Waals surface area contributed by atoms with E-state index in [1.165, 1.54) is 0 Å². The van der Waals surface area contributed by atoms with Crippen LogP contribution in [0.25, 0.3) is 0 Å². The number of ether oxygens (including phenoxy) is 1. The second kappa shape index (κ2) is 4.16. The maximum atomic E-state index is 12.9. The highest BCUT2D eigenvalue weighted by atomic mass is 19.3. The fourth-order valence-electron chi connectivity index (χ4n) is 0.940. The molecule has 1 N–H and O–H groups in total. The molecule has 0 aliphatic heterocycles. The largest absolute Gasteiger partial charge is 0.465 e. The van der Waals surface area contributed by atoms with Gasteiger partial charge in [-0.15, -0.1) is 0 Å². The number of aromatic amines is 1. The van der Waals surface area contributed by atoms with Crippen molar-refractivity contribution in [1.29, 1.82) is 0 Å². The molecule has 15 heavy (non-hydrogen) atoms. The van der Waals surface area contributed by atoms with E-state index in [0.717, 1.165) is 7.11 Å². The minimum atomic E-state index is -3.15. The van der Waals surface area contributed by atoms with Crippen LogP contribution in [0.1, 0.15) is 22.5 Å². The molecule has 0 aliphatic rings. The number of nitrogens with one attached hydrogen (secondary N) is 1. The summed E-state index contributed by atoms with van der Waals surface area (Å²) in [5.74, 6) is -2.44. The molecule has 0 aliphatic carbocycles. The number of methoxy groups -OCH3 is 1. The van der Waals surface area contributed by atoms with E-state index >= 15 is 0 Å². The number of hydrogen-bond donors (Lipinski definition) is 1. The Balaban J connectivity index is 3.32. The molecule has 1 aromatic heterocycles. The Morgan fingerprint density at radius 2 is 2.13 bits per heavy atom. The van der Waals surface area contributed by atoms with E-state index in [-0.39, 0.29) is 0 Å². The van der Waals surface area contributed by atoms with Gasteiger partial charge in [0.2, 0.25) is 0 Å². The van der Waals surface area contributed by atoms with Gasteiger partial charge >= 0.3 is 5.97 Å². The molecule has 0 unspecified atom stereocenters. The molecule has 0 saturated carbocycles. The van der Waals surface area contributed by atoms with Gasteiger partial charge in [0.1, 0.15) is 17.1 Å². The molecule has 4 nitrogen and oxygen atoms in total. The number of carbonyl (C=O) groups is 1. The minimum absolute atomic E-state index is 0.423. The second-order valence-electron chi connectivity index (χ2n) is 2.57. The molecule has 1 rings (SSSR count). The van der Waals surface area contributed by atoms with E-state index in [2.05, 4.69) is 4.74 Å². The van der Waals surface area contributed by atoms with Gasteiger partial charge in [-0.05, 0) is 6.07 Å². The zero-order valence-electron chi connectivity index (χ0n) is 7.51. The first-order valence-electron chi connectivity index (χ1n) is 3.76. The third-order valence-electron chi connectivity index (χ3n) is 1.64. The SMILES string of the molecule is COC(=O)c1cc(F)c(C(F)F)[nH]c1=O. The van der Waals surface area contributed by atoms with Gasteiger partial charge in [0.25, 0.3) is 12.0 Å². The highest BCUT2D eigenvalue weighted by Gasteiger charge is 2.19. The van der Waals surface area contributed by atoms with Gasteiger partial charge in [-0.3, -0.25) is 4.79 Å². The van der Waals surface area contributed by atoms with Crippen molar-refractivity contribution < 1.29 is 22.7 Å². The molecular weight excluding hydrogens is 215 g/mol. The van der Waals surface area contributed by atoms with Crippen LogP contribution in [-0.2, 0) is 4.74 Å². The lowest BCUT2D eigenvalue weighted by molar-refractivity contribution is 0.0597. The van der Waals surface area contributed by atoms with Crippen molar-refractivity contribution in [2.75, 3.05) is 7.11 Å². The van der Waals surface area contributed by atoms with E-state index in [0.29, 0.717) is 6.07 Å². The number of carbonyl (C=O) groups excluding carboxylic acids is 1. The summed E-state index contributed by atoms with van der Waals surface area (Å²) in [6.45, 7) is 0. The average Bonchev–Trinajstić information content (AvgIpc) is 2.19. The molecule has 0 aromatic carbocycles. The highest BCUT2D eigenvalue weighted by molar-refractivity contribution is 5.88. The Morgan fingerprint density at radius 1 is 1.53 bits per heavy atom. The number of hydrogen-bond acceptors (Lipinski definition) is 3. The smallest absolute Gasteiger partial charge is 0.343 e. The Labute approximate surface area is 81.7 Å². The lowest BCUT2D eigenvalue weighted by Gasteiger charge is -2.03. The Hall–Kier alpha value is -1.79. The highest BCUT2D eigenvalue weighted by Crippen LogP contribution is 2.18. The summed E-state index contributed by atoms with van der Waals surface area (Å²) in [5.41, 5.74) is -2.91. The first-order valence-corrected chi connectivity index (χ1v) is 3.76. The van der Waals surface area contributed by atoms with Crippen molar-refractivity contribution in [3.8, 4) is 0 Å². The van der Waals surface area contributed by atoms with E-state index in [9.17, 15) is 22.8 Å². The maximum absolute atomic E-state index is 12.9. The fraction of sp³-hybridized carbons (Fsp3) is 0.250. The van der Waals surface area contributed by atoms with Gasteiger partial charge in [0, 0.05) is 0 Å². The normalized spacial score (nSPS) is 10.5. The van der Waals surface area contributed by atoms with Crippen LogP contribution in [0.3, 0.4) is 0 Å². The van der Waals surface area contributed by atoms with Crippen molar-refractivity contribution in [3.63, 3.8) is 0 Å². The van der Waals surface area contributed by atoms with Crippen LogP contribution in [0.4, 0.5) is 13.2 Å². The fourth-order valence-corrected chi connectivity index (χ4v) is 0.940. The number of halogens is 3. The summed E-state index contributed by atoms with van der Waals surface area (Å²) in [6.07, 6.45) is -3.15. The summed E-state index contributed by atoms with van der Waals surface area (Å²) >= 11 is 0. The molecule has 0 atom stereocenters. The third kappa shape index (κ3) is 2.17. The minimum Gasteiger partial charge on any atom is -0.465 e. The summed E-state index contributed by atoms with van der Waals surface area (Å²) in [6, 6.07) is 0.423. The van der Waals surface area contributed by atoms with Crippen molar-refractivity contribution in [2.24, 2.45) is 0 Å². The van der Waals surface area contributed by atoms with Crippen LogP contribution >= 0.6 is 0 Å². The van der Waals surface area contributed by atoms with Crippen LogP contribution in [0.15, 0.2) is 10.9 Å². The lowest BCUT2D eigenvalue weighted by Crippen LogP contribution is -2.21. The molecule has 0 bridgehead atoms. The zero-order valence-corrected chi connectivity index (χ0v) is 7.51. The van der Waals surface area contributed by atoms with Crippen molar-refractivity contribution >= 4 is 5.97 Å². The van der Waals surface area contributed by atoms with Crippen LogP contribution in [0.5, 0.6) is 0 Å². The number of pyridine rings is 1. The van der Waals surface area contributed by atoms with Gasteiger partial charge in [-0.2, -0.15) is 0 Å². The molecule has 0 amide bonds. The topological polar surface area (TPSA) is 59.2 Å². The standard InChI is InChI=1S/C8H6F3NO3/c1-15-8(14)3-2-4(9)5(6(10)11)12-7(3)13/h2,6H,1H3,(H,12,13). The van der Waals surface area contributed by atoms with E-state index < -0.39 is 35.0 Å². The molecular formula is C8H6F3NO3. The molecule has 1 aromatic rings. The maximum Gasteiger partial charge on any atom is 0.343 e. The summed E-state index contributed by atoms with van der Waals surface area (Å²) < 4.78 is 41.3. The van der Waals surface area contributed by atoms with Crippen molar-refractivity contribution in [2.45, 2.75) is 6.43 Å². The Bertz CT molecular complexity index is 441. The summed E-state index contributed by atoms with van der Waals surface area (Å²) in [4.78, 5) is 23.5. The van der Waals surface area contributed by atoms with E-state index in [1.54, 1.807) is 4.98 Å². The second-order valence-corrected chi connectivity index (χ2v) is 2.57. The predicted octanol–water partition coefficient (Wildman–Crippen LogP) is 1.24. The predicted molar refractivity (Wildman–Crippen MR) is 43.3 cm³/mol. The van der Waals surface area contributed by atoms with Gasteiger partial charge in [0.15, 0.2) is 0 Å². The molecule has 1 heterocycles. The molecule has 0 saturated heterocycles. The van der Waals surface area contributed by atoms with E-state index in [4.69, 9.17) is 0 Å². The first kappa shape index (κ1) is 11.3. The van der Waals surface area contributed by atoms with E-state index in [1.807, 2.05) is 0 Å². The number of H-pyrrole nitrogens is 1. The molecule has 7 heteroatoms. The number of aromatic nitrogens is 1. The number of rotatable bonds is 2. The van der Waals surface area contributed by atoms with Crippen LogP contribution in [0, 0.1) is 5.82 Å². The Morgan fingerprint density at radius 3 is 2.60 bits per heavy atom.